The molecule has 15 heavy (non-hydrogen) atoms. The number of hydrogen-bond acceptors (Lipinski definition) is 3. The molecule has 1 atom stereocenters. The third-order valence-electron chi connectivity index (χ3n) is 2.42. The Balaban J connectivity index is 2.22. The Morgan fingerprint density at radius 1 is 1.53 bits per heavy atom. The molecule has 1 amide bonds. The Hall–Kier alpha value is -0.620. The van der Waals surface area contributed by atoms with Gasteiger partial charge in [0, 0.05) is 6.04 Å². The van der Waals surface area contributed by atoms with E-state index in [9.17, 15) is 13.2 Å². The molecule has 5 nitrogen and oxygen atoms in total. The van der Waals surface area contributed by atoms with Crippen molar-refractivity contribution in [1.82, 2.24) is 5.32 Å². The SMILES string of the molecule is CCC[NH2+]CC(=O)N[C@H]1CCS(=O)(=O)C1. The summed E-state index contributed by atoms with van der Waals surface area (Å²) in [5.74, 6) is 0.244. The average molecular weight is 235 g/mol. The molecule has 88 valence electrons. The van der Waals surface area contributed by atoms with Crippen molar-refractivity contribution in [2.75, 3.05) is 24.6 Å². The second-order valence-electron chi connectivity index (χ2n) is 3.95. The monoisotopic (exact) mass is 235 g/mol. The van der Waals surface area contributed by atoms with Crippen molar-refractivity contribution in [1.29, 1.82) is 0 Å². The van der Waals surface area contributed by atoms with Gasteiger partial charge in [-0.3, -0.25) is 4.79 Å². The van der Waals surface area contributed by atoms with Crippen LogP contribution >= 0.6 is 0 Å². The number of nitrogens with two attached hydrogens (primary N) is 1. The van der Waals surface area contributed by atoms with Gasteiger partial charge in [0.2, 0.25) is 0 Å². The maximum atomic E-state index is 11.3. The summed E-state index contributed by atoms with van der Waals surface area (Å²) in [5, 5.41) is 4.67. The molecule has 1 fully saturated rings. The number of carbonyl (C=O) groups excluding carboxylic acids is 1. The van der Waals surface area contributed by atoms with Crippen LogP contribution in [0.15, 0.2) is 0 Å². The topological polar surface area (TPSA) is 79.8 Å². The second kappa shape index (κ2) is 5.46. The number of quaternary nitrogens is 1. The lowest BCUT2D eigenvalue weighted by Gasteiger charge is -2.09. The van der Waals surface area contributed by atoms with E-state index < -0.39 is 9.84 Å². The molecule has 3 N–H and O–H groups in total. The zero-order valence-corrected chi connectivity index (χ0v) is 9.85. The molecule has 0 aliphatic carbocycles. The number of sulfone groups is 1. The molecule has 1 aliphatic rings. The first kappa shape index (κ1) is 12.4. The zero-order chi connectivity index (χ0) is 11.3. The minimum atomic E-state index is -2.89. The highest BCUT2D eigenvalue weighted by atomic mass is 32.2. The van der Waals surface area contributed by atoms with Crippen molar-refractivity contribution in [3.8, 4) is 0 Å². The van der Waals surface area contributed by atoms with Gasteiger partial charge in [-0.15, -0.1) is 0 Å². The first-order valence-corrected chi connectivity index (χ1v) is 7.17. The molecule has 1 saturated heterocycles. The summed E-state index contributed by atoms with van der Waals surface area (Å²) >= 11 is 0. The van der Waals surface area contributed by atoms with Crippen molar-refractivity contribution in [3.05, 3.63) is 0 Å². The standard InChI is InChI=1S/C9H18N2O3S/c1-2-4-10-6-9(12)11-8-3-5-15(13,14)7-8/h8,10H,2-7H2,1H3,(H,11,12)/p+1/t8-/m0/s1. The number of nitrogens with one attached hydrogen (secondary N) is 1. The number of hydrogen-bond donors (Lipinski definition) is 2. The average Bonchev–Trinajstić information content (AvgIpc) is 2.46. The van der Waals surface area contributed by atoms with Gasteiger partial charge in [0.05, 0.1) is 18.1 Å². The molecule has 0 aromatic rings. The van der Waals surface area contributed by atoms with Crippen LogP contribution in [0.3, 0.4) is 0 Å². The fourth-order valence-electron chi connectivity index (χ4n) is 1.63. The summed E-state index contributed by atoms with van der Waals surface area (Å²) in [7, 11) is -2.89. The molecule has 6 heteroatoms. The van der Waals surface area contributed by atoms with E-state index in [1.54, 1.807) is 0 Å². The Kier molecular flexibility index (Phi) is 4.53. The van der Waals surface area contributed by atoms with Gasteiger partial charge in [-0.05, 0) is 12.8 Å². The molecule has 0 spiro atoms. The van der Waals surface area contributed by atoms with Gasteiger partial charge < -0.3 is 10.6 Å². The van der Waals surface area contributed by atoms with Crippen molar-refractivity contribution in [3.63, 3.8) is 0 Å². The lowest BCUT2D eigenvalue weighted by atomic mass is 10.2. The third kappa shape index (κ3) is 4.61. The quantitative estimate of drug-likeness (QED) is 0.555. The van der Waals surface area contributed by atoms with Crippen molar-refractivity contribution >= 4 is 15.7 Å². The van der Waals surface area contributed by atoms with Crippen LogP contribution in [0.1, 0.15) is 19.8 Å². The van der Waals surface area contributed by atoms with Crippen LogP contribution in [-0.2, 0) is 14.6 Å². The van der Waals surface area contributed by atoms with Crippen molar-refractivity contribution in [2.45, 2.75) is 25.8 Å². The fourth-order valence-corrected chi connectivity index (χ4v) is 3.31. The molecule has 0 saturated carbocycles. The van der Waals surface area contributed by atoms with Gasteiger partial charge in [-0.25, -0.2) is 8.42 Å². The molecule has 0 aromatic heterocycles. The highest BCUT2D eigenvalue weighted by Gasteiger charge is 2.28. The predicted molar refractivity (Wildman–Crippen MR) is 57.2 cm³/mol. The summed E-state index contributed by atoms with van der Waals surface area (Å²) in [6, 6.07) is -0.169. The van der Waals surface area contributed by atoms with E-state index >= 15 is 0 Å². The van der Waals surface area contributed by atoms with E-state index in [1.165, 1.54) is 0 Å². The number of carbonyl (C=O) groups is 1. The summed E-state index contributed by atoms with van der Waals surface area (Å²) in [5.41, 5.74) is 0. The van der Waals surface area contributed by atoms with E-state index in [0.717, 1.165) is 13.0 Å². The summed E-state index contributed by atoms with van der Waals surface area (Å²) in [6.07, 6.45) is 1.59. The molecule has 1 rings (SSSR count). The summed E-state index contributed by atoms with van der Waals surface area (Å²) in [6.45, 7) is 3.37. The molecular weight excluding hydrogens is 216 g/mol. The smallest absolute Gasteiger partial charge is 0.275 e. The first-order valence-electron chi connectivity index (χ1n) is 5.35. The second-order valence-corrected chi connectivity index (χ2v) is 6.18. The number of rotatable bonds is 5. The van der Waals surface area contributed by atoms with E-state index in [2.05, 4.69) is 12.2 Å². The number of amides is 1. The van der Waals surface area contributed by atoms with Crippen LogP contribution in [0.4, 0.5) is 0 Å². The Bertz CT molecular complexity index is 313. The van der Waals surface area contributed by atoms with Gasteiger partial charge in [-0.1, -0.05) is 6.92 Å². The van der Waals surface area contributed by atoms with E-state index in [1.807, 2.05) is 5.32 Å². The molecule has 0 unspecified atom stereocenters. The van der Waals surface area contributed by atoms with E-state index in [0.29, 0.717) is 13.0 Å². The highest BCUT2D eigenvalue weighted by Crippen LogP contribution is 2.10. The Labute approximate surface area is 90.5 Å². The zero-order valence-electron chi connectivity index (χ0n) is 9.03. The van der Waals surface area contributed by atoms with E-state index in [-0.39, 0.29) is 23.5 Å². The van der Waals surface area contributed by atoms with Crippen molar-refractivity contribution < 1.29 is 18.5 Å². The normalized spacial score (nSPS) is 23.9. The van der Waals surface area contributed by atoms with Gasteiger partial charge in [0.1, 0.15) is 0 Å². The molecule has 0 radical (unpaired) electrons. The third-order valence-corrected chi connectivity index (χ3v) is 4.19. The van der Waals surface area contributed by atoms with Gasteiger partial charge in [0.15, 0.2) is 16.4 Å². The fraction of sp³-hybridized carbons (Fsp3) is 0.889. The van der Waals surface area contributed by atoms with Crippen LogP contribution < -0.4 is 10.6 Å². The maximum absolute atomic E-state index is 11.3. The van der Waals surface area contributed by atoms with Crippen molar-refractivity contribution in [2.24, 2.45) is 0 Å². The maximum Gasteiger partial charge on any atom is 0.275 e. The lowest BCUT2D eigenvalue weighted by molar-refractivity contribution is -0.643. The Morgan fingerprint density at radius 3 is 2.80 bits per heavy atom. The van der Waals surface area contributed by atoms with Crippen LogP contribution in [0.5, 0.6) is 0 Å². The predicted octanol–water partition coefficient (Wildman–Crippen LogP) is -1.74. The van der Waals surface area contributed by atoms with Gasteiger partial charge in [-0.2, -0.15) is 0 Å². The van der Waals surface area contributed by atoms with E-state index in [4.69, 9.17) is 0 Å². The van der Waals surface area contributed by atoms with Crippen LogP contribution in [0.2, 0.25) is 0 Å². The molecule has 1 aliphatic heterocycles. The summed E-state index contributed by atoms with van der Waals surface area (Å²) < 4.78 is 22.2. The van der Waals surface area contributed by atoms with Gasteiger partial charge in [0.25, 0.3) is 5.91 Å². The van der Waals surface area contributed by atoms with Crippen LogP contribution in [0, 0.1) is 0 Å². The minimum Gasteiger partial charge on any atom is -0.347 e. The molecule has 0 bridgehead atoms. The first-order chi connectivity index (χ1) is 7.03. The minimum absolute atomic E-state index is 0.0643. The lowest BCUT2D eigenvalue weighted by Crippen LogP contribution is -2.86. The highest BCUT2D eigenvalue weighted by molar-refractivity contribution is 7.91. The molecule has 1 heterocycles. The van der Waals surface area contributed by atoms with Gasteiger partial charge >= 0.3 is 0 Å². The molecular formula is C9H19N2O3S+. The van der Waals surface area contributed by atoms with Crippen LogP contribution in [-0.4, -0.2) is 45.0 Å². The molecule has 0 aromatic carbocycles. The largest absolute Gasteiger partial charge is 0.347 e. The van der Waals surface area contributed by atoms with Crippen LogP contribution in [0.25, 0.3) is 0 Å². The Morgan fingerprint density at radius 2 is 2.27 bits per heavy atom. The summed E-state index contributed by atoms with van der Waals surface area (Å²) in [4.78, 5) is 11.3.